The van der Waals surface area contributed by atoms with Crippen molar-refractivity contribution in [2.75, 3.05) is 39.8 Å². The van der Waals surface area contributed by atoms with E-state index < -0.39 is 6.09 Å². The largest absolute Gasteiger partial charge is 0.447 e. The van der Waals surface area contributed by atoms with Crippen molar-refractivity contribution in [2.24, 2.45) is 0 Å². The lowest BCUT2D eigenvalue weighted by Crippen LogP contribution is -2.57. The normalized spacial score (nSPS) is 21.7. The summed E-state index contributed by atoms with van der Waals surface area (Å²) in [5.41, 5.74) is 0. The maximum Gasteiger partial charge on any atom is 0.416 e. The summed E-state index contributed by atoms with van der Waals surface area (Å²) < 4.78 is 4.70. The van der Waals surface area contributed by atoms with Crippen LogP contribution in [0.15, 0.2) is 0 Å². The maximum atomic E-state index is 11.7. The number of nitrogens with one attached hydrogen (secondary N) is 1. The Labute approximate surface area is 88.2 Å². The molecular weight excluding hydrogens is 198 g/mol. The van der Waals surface area contributed by atoms with Crippen LogP contribution in [0.3, 0.4) is 0 Å². The van der Waals surface area contributed by atoms with Crippen molar-refractivity contribution in [1.82, 2.24) is 15.1 Å². The van der Waals surface area contributed by atoms with Gasteiger partial charge in [-0.3, -0.25) is 9.69 Å². The van der Waals surface area contributed by atoms with E-state index >= 15 is 0 Å². The minimum atomic E-state index is -0.514. The van der Waals surface area contributed by atoms with Crippen LogP contribution in [0.1, 0.15) is 0 Å². The Bertz CT molecular complexity index is 278. The molecule has 2 aliphatic heterocycles. The summed E-state index contributed by atoms with van der Waals surface area (Å²) in [5, 5.41) is 3.14. The molecule has 2 aliphatic rings. The van der Waals surface area contributed by atoms with E-state index in [2.05, 4.69) is 5.32 Å². The molecule has 0 aliphatic carbocycles. The average molecular weight is 213 g/mol. The second kappa shape index (κ2) is 4.16. The summed E-state index contributed by atoms with van der Waals surface area (Å²) in [4.78, 5) is 25.9. The Kier molecular flexibility index (Phi) is 2.88. The summed E-state index contributed by atoms with van der Waals surface area (Å²) in [5.74, 6) is -0.174. The van der Waals surface area contributed by atoms with Crippen molar-refractivity contribution in [1.29, 1.82) is 0 Å². The number of hydrogen-bond acceptors (Lipinski definition) is 5. The number of carbonyl (C=O) groups excluding carboxylic acids is 2. The molecule has 2 amide bonds. The van der Waals surface area contributed by atoms with Crippen molar-refractivity contribution < 1.29 is 14.3 Å². The van der Waals surface area contributed by atoms with Gasteiger partial charge >= 0.3 is 6.09 Å². The maximum absolute atomic E-state index is 11.7. The van der Waals surface area contributed by atoms with E-state index in [1.165, 1.54) is 4.90 Å². The van der Waals surface area contributed by atoms with Crippen LogP contribution in [-0.2, 0) is 9.53 Å². The van der Waals surface area contributed by atoms with E-state index in [1.54, 1.807) is 0 Å². The van der Waals surface area contributed by atoms with Gasteiger partial charge in [-0.05, 0) is 7.05 Å². The standard InChI is InChI=1S/C9H15N3O3/c1-11(7-4-10-5-7)6-8(13)12-2-3-15-9(12)14/h7,10H,2-6H2,1H3. The Hall–Kier alpha value is -1.14. The molecule has 0 unspecified atom stereocenters. The van der Waals surface area contributed by atoms with Crippen LogP contribution in [0.5, 0.6) is 0 Å². The van der Waals surface area contributed by atoms with Crippen LogP contribution in [0.4, 0.5) is 4.79 Å². The van der Waals surface area contributed by atoms with E-state index in [0.717, 1.165) is 13.1 Å². The topological polar surface area (TPSA) is 61.9 Å². The first-order valence-corrected chi connectivity index (χ1v) is 5.06. The summed E-state index contributed by atoms with van der Waals surface area (Å²) in [6.45, 7) is 2.80. The number of ether oxygens (including phenoxy) is 1. The third-order valence-corrected chi connectivity index (χ3v) is 2.83. The predicted octanol–water partition coefficient (Wildman–Crippen LogP) is -1.13. The molecule has 0 spiro atoms. The van der Waals surface area contributed by atoms with Crippen LogP contribution in [0.2, 0.25) is 0 Å². The molecular formula is C9H15N3O3. The number of nitrogens with zero attached hydrogens (tertiary/aromatic N) is 2. The van der Waals surface area contributed by atoms with Crippen molar-refractivity contribution >= 4 is 12.0 Å². The molecule has 15 heavy (non-hydrogen) atoms. The molecule has 0 aromatic rings. The van der Waals surface area contributed by atoms with Gasteiger partial charge in [0.2, 0.25) is 5.91 Å². The fourth-order valence-electron chi connectivity index (χ4n) is 1.63. The van der Waals surface area contributed by atoms with Gasteiger partial charge in [0.05, 0.1) is 13.1 Å². The number of carbonyl (C=O) groups is 2. The fraction of sp³-hybridized carbons (Fsp3) is 0.778. The van der Waals surface area contributed by atoms with Crippen LogP contribution < -0.4 is 5.32 Å². The van der Waals surface area contributed by atoms with Crippen molar-refractivity contribution in [3.63, 3.8) is 0 Å². The Morgan fingerprint density at radius 1 is 1.67 bits per heavy atom. The molecule has 1 N–H and O–H groups in total. The van der Waals surface area contributed by atoms with Gasteiger partial charge < -0.3 is 10.1 Å². The smallest absolute Gasteiger partial charge is 0.416 e. The summed E-state index contributed by atoms with van der Waals surface area (Å²) in [6.07, 6.45) is -0.514. The zero-order valence-corrected chi connectivity index (χ0v) is 8.73. The van der Waals surface area contributed by atoms with Gasteiger partial charge in [0.15, 0.2) is 0 Å². The van der Waals surface area contributed by atoms with Crippen molar-refractivity contribution in [3.8, 4) is 0 Å². The SMILES string of the molecule is CN(CC(=O)N1CCOC1=O)C1CNC1. The Morgan fingerprint density at radius 3 is 2.87 bits per heavy atom. The number of amides is 2. The lowest BCUT2D eigenvalue weighted by molar-refractivity contribution is -0.129. The molecule has 0 atom stereocenters. The first kappa shape index (κ1) is 10.4. The van der Waals surface area contributed by atoms with Crippen molar-refractivity contribution in [3.05, 3.63) is 0 Å². The minimum absolute atomic E-state index is 0.174. The lowest BCUT2D eigenvalue weighted by Gasteiger charge is -2.35. The average Bonchev–Trinajstić information content (AvgIpc) is 2.47. The number of cyclic esters (lactones) is 1. The van der Waals surface area contributed by atoms with E-state index in [0.29, 0.717) is 19.2 Å². The molecule has 0 radical (unpaired) electrons. The second-order valence-electron chi connectivity index (χ2n) is 3.89. The molecule has 2 saturated heterocycles. The Balaban J connectivity index is 1.82. The molecule has 2 rings (SSSR count). The molecule has 0 aromatic carbocycles. The third kappa shape index (κ3) is 2.10. The van der Waals surface area contributed by atoms with E-state index in [-0.39, 0.29) is 12.5 Å². The molecule has 2 fully saturated rings. The monoisotopic (exact) mass is 213 g/mol. The van der Waals surface area contributed by atoms with Gasteiger partial charge in [-0.1, -0.05) is 0 Å². The van der Waals surface area contributed by atoms with Crippen LogP contribution in [-0.4, -0.2) is 67.7 Å². The Morgan fingerprint density at radius 2 is 2.40 bits per heavy atom. The molecule has 0 aromatic heterocycles. The molecule has 6 nitrogen and oxygen atoms in total. The zero-order valence-electron chi connectivity index (χ0n) is 8.73. The molecule has 2 heterocycles. The first-order chi connectivity index (χ1) is 7.18. The highest BCUT2D eigenvalue weighted by Gasteiger charge is 2.31. The first-order valence-electron chi connectivity index (χ1n) is 5.06. The summed E-state index contributed by atoms with van der Waals surface area (Å²) >= 11 is 0. The fourth-order valence-corrected chi connectivity index (χ4v) is 1.63. The summed E-state index contributed by atoms with van der Waals surface area (Å²) in [7, 11) is 1.89. The van der Waals surface area contributed by atoms with Crippen LogP contribution in [0.25, 0.3) is 0 Å². The molecule has 6 heteroatoms. The number of hydrogen-bond donors (Lipinski definition) is 1. The molecule has 0 bridgehead atoms. The number of imide groups is 1. The zero-order chi connectivity index (χ0) is 10.8. The van der Waals surface area contributed by atoms with E-state index in [4.69, 9.17) is 4.74 Å². The predicted molar refractivity (Wildman–Crippen MR) is 52.3 cm³/mol. The van der Waals surface area contributed by atoms with Crippen molar-refractivity contribution in [2.45, 2.75) is 6.04 Å². The molecule has 0 saturated carbocycles. The van der Waals surface area contributed by atoms with E-state index in [1.807, 2.05) is 11.9 Å². The van der Waals surface area contributed by atoms with Crippen LogP contribution in [0, 0.1) is 0 Å². The highest BCUT2D eigenvalue weighted by Crippen LogP contribution is 2.07. The third-order valence-electron chi connectivity index (χ3n) is 2.83. The van der Waals surface area contributed by atoms with Gasteiger partial charge in [0, 0.05) is 19.1 Å². The number of likely N-dealkylation sites (N-methyl/N-ethyl adjacent to an activating group) is 1. The molecule has 84 valence electrons. The quantitative estimate of drug-likeness (QED) is 0.642. The second-order valence-corrected chi connectivity index (χ2v) is 3.89. The number of rotatable bonds is 3. The highest BCUT2D eigenvalue weighted by atomic mass is 16.6. The van der Waals surface area contributed by atoms with Gasteiger partial charge in [-0.25, -0.2) is 9.69 Å². The van der Waals surface area contributed by atoms with Crippen LogP contribution >= 0.6 is 0 Å². The van der Waals surface area contributed by atoms with E-state index in [9.17, 15) is 9.59 Å². The van der Waals surface area contributed by atoms with Gasteiger partial charge in [0.1, 0.15) is 6.61 Å². The highest BCUT2D eigenvalue weighted by molar-refractivity contribution is 5.94. The minimum Gasteiger partial charge on any atom is -0.447 e. The van der Waals surface area contributed by atoms with Gasteiger partial charge in [0.25, 0.3) is 0 Å². The lowest BCUT2D eigenvalue weighted by atomic mass is 10.1. The van der Waals surface area contributed by atoms with Gasteiger partial charge in [-0.2, -0.15) is 0 Å². The summed E-state index contributed by atoms with van der Waals surface area (Å²) in [6, 6.07) is 0.410. The van der Waals surface area contributed by atoms with Gasteiger partial charge in [-0.15, -0.1) is 0 Å².